The lowest BCUT2D eigenvalue weighted by molar-refractivity contribution is -0.138. The van der Waals surface area contributed by atoms with E-state index in [0.717, 1.165) is 6.07 Å². The zero-order valence-corrected chi connectivity index (χ0v) is 11.8. The lowest BCUT2D eigenvalue weighted by Crippen LogP contribution is -2.33. The topological polar surface area (TPSA) is 42.7 Å². The van der Waals surface area contributed by atoms with Crippen molar-refractivity contribution in [3.8, 4) is 0 Å². The molecule has 0 radical (unpaired) electrons. The van der Waals surface area contributed by atoms with E-state index >= 15 is 0 Å². The Morgan fingerprint density at radius 1 is 1.24 bits per heavy atom. The van der Waals surface area contributed by atoms with Gasteiger partial charge in [0.25, 0.3) is 0 Å². The van der Waals surface area contributed by atoms with Crippen LogP contribution >= 0.6 is 0 Å². The zero-order valence-electron chi connectivity index (χ0n) is 11.8. The summed E-state index contributed by atoms with van der Waals surface area (Å²) in [4.78, 5) is 3.83. The molecule has 7 heteroatoms. The van der Waals surface area contributed by atoms with Crippen LogP contribution < -0.4 is 5.32 Å². The molecular weight excluding hydrogens is 281 g/mol. The third-order valence-corrected chi connectivity index (χ3v) is 3.19. The first-order chi connectivity index (χ1) is 9.88. The van der Waals surface area contributed by atoms with Gasteiger partial charge in [-0.3, -0.25) is 4.68 Å². The first-order valence-corrected chi connectivity index (χ1v) is 6.62. The van der Waals surface area contributed by atoms with E-state index in [1.807, 2.05) is 6.92 Å². The summed E-state index contributed by atoms with van der Waals surface area (Å²) in [5, 5.41) is 7.14. The predicted octanol–water partition coefficient (Wildman–Crippen LogP) is 3.04. The van der Waals surface area contributed by atoms with Crippen LogP contribution in [0.5, 0.6) is 0 Å². The molecule has 21 heavy (non-hydrogen) atoms. The van der Waals surface area contributed by atoms with Gasteiger partial charge in [-0.25, -0.2) is 4.98 Å². The summed E-state index contributed by atoms with van der Waals surface area (Å²) in [5.74, 6) is 0. The molecule has 0 fully saturated rings. The maximum atomic E-state index is 13.0. The summed E-state index contributed by atoms with van der Waals surface area (Å²) < 4.78 is 40.6. The van der Waals surface area contributed by atoms with Gasteiger partial charge in [-0.2, -0.15) is 18.3 Å². The molecule has 0 unspecified atom stereocenters. The van der Waals surface area contributed by atoms with Gasteiger partial charge in [0.2, 0.25) is 0 Å². The number of alkyl halides is 3. The summed E-state index contributed by atoms with van der Waals surface area (Å²) in [6.45, 7) is 4.16. The van der Waals surface area contributed by atoms with Crippen molar-refractivity contribution in [3.05, 3.63) is 48.0 Å². The fraction of sp³-hybridized carbons (Fsp3) is 0.429. The van der Waals surface area contributed by atoms with Crippen molar-refractivity contribution in [1.29, 1.82) is 0 Å². The largest absolute Gasteiger partial charge is 0.416 e. The molecule has 114 valence electrons. The van der Waals surface area contributed by atoms with E-state index in [1.54, 1.807) is 24.0 Å². The van der Waals surface area contributed by atoms with Crippen molar-refractivity contribution < 1.29 is 13.2 Å². The Kier molecular flexibility index (Phi) is 4.62. The van der Waals surface area contributed by atoms with E-state index in [0.29, 0.717) is 6.54 Å². The summed E-state index contributed by atoms with van der Waals surface area (Å²) >= 11 is 0. The minimum Gasteiger partial charge on any atom is -0.306 e. The minimum absolute atomic E-state index is 0.0389. The van der Waals surface area contributed by atoms with Crippen LogP contribution in [-0.2, 0) is 12.7 Å². The van der Waals surface area contributed by atoms with Crippen LogP contribution in [0.1, 0.15) is 31.0 Å². The second kappa shape index (κ2) is 6.26. The Morgan fingerprint density at radius 2 is 1.95 bits per heavy atom. The van der Waals surface area contributed by atoms with Crippen molar-refractivity contribution in [3.63, 3.8) is 0 Å². The highest BCUT2D eigenvalue weighted by atomic mass is 19.4. The second-order valence-electron chi connectivity index (χ2n) is 4.99. The molecule has 2 rings (SSSR count). The number of rotatable bonds is 5. The van der Waals surface area contributed by atoms with E-state index < -0.39 is 17.8 Å². The molecule has 0 bridgehead atoms. The van der Waals surface area contributed by atoms with E-state index in [2.05, 4.69) is 15.4 Å². The maximum Gasteiger partial charge on any atom is 0.416 e. The Bertz CT molecular complexity index is 566. The molecule has 1 heterocycles. The van der Waals surface area contributed by atoms with Crippen molar-refractivity contribution in [2.75, 3.05) is 0 Å². The van der Waals surface area contributed by atoms with Crippen LogP contribution in [0.3, 0.4) is 0 Å². The van der Waals surface area contributed by atoms with Gasteiger partial charge in [-0.15, -0.1) is 0 Å². The number of halogens is 3. The third-order valence-electron chi connectivity index (χ3n) is 3.19. The van der Waals surface area contributed by atoms with E-state index in [-0.39, 0.29) is 11.6 Å². The zero-order chi connectivity index (χ0) is 15.5. The van der Waals surface area contributed by atoms with Crippen LogP contribution in [0.4, 0.5) is 13.2 Å². The summed E-state index contributed by atoms with van der Waals surface area (Å²) in [7, 11) is 0. The van der Waals surface area contributed by atoms with Crippen LogP contribution in [0.25, 0.3) is 0 Å². The van der Waals surface area contributed by atoms with Crippen LogP contribution in [0, 0.1) is 0 Å². The highest BCUT2D eigenvalue weighted by Crippen LogP contribution is 2.34. The van der Waals surface area contributed by atoms with Gasteiger partial charge >= 0.3 is 6.18 Å². The number of hydrogen-bond acceptors (Lipinski definition) is 3. The molecule has 0 aliphatic carbocycles. The van der Waals surface area contributed by atoms with Gasteiger partial charge in [0.15, 0.2) is 0 Å². The number of aromatic nitrogens is 3. The molecule has 0 spiro atoms. The van der Waals surface area contributed by atoms with Gasteiger partial charge in [0.05, 0.1) is 12.1 Å². The van der Waals surface area contributed by atoms with Crippen molar-refractivity contribution in [1.82, 2.24) is 20.1 Å². The molecule has 4 nitrogen and oxygen atoms in total. The molecule has 0 saturated heterocycles. The number of benzene rings is 1. The van der Waals surface area contributed by atoms with E-state index in [4.69, 9.17) is 0 Å². The molecule has 0 aliphatic heterocycles. The smallest absolute Gasteiger partial charge is 0.306 e. The summed E-state index contributed by atoms with van der Waals surface area (Å²) in [6, 6.07) is 5.17. The first-order valence-electron chi connectivity index (χ1n) is 6.62. The Hall–Kier alpha value is -1.89. The highest BCUT2D eigenvalue weighted by molar-refractivity contribution is 5.32. The monoisotopic (exact) mass is 298 g/mol. The molecule has 0 saturated carbocycles. The van der Waals surface area contributed by atoms with Crippen molar-refractivity contribution in [2.45, 2.75) is 38.7 Å². The first kappa shape index (κ1) is 15.5. The maximum absolute atomic E-state index is 13.0. The normalized spacial score (nSPS) is 14.9. The predicted molar refractivity (Wildman–Crippen MR) is 72.5 cm³/mol. The summed E-state index contributed by atoms with van der Waals surface area (Å²) in [5.41, 5.74) is -0.353. The lowest BCUT2D eigenvalue weighted by Gasteiger charge is -2.23. The van der Waals surface area contributed by atoms with Gasteiger partial charge in [-0.1, -0.05) is 18.2 Å². The van der Waals surface area contributed by atoms with Gasteiger partial charge < -0.3 is 5.32 Å². The van der Waals surface area contributed by atoms with Crippen LogP contribution in [0.2, 0.25) is 0 Å². The Morgan fingerprint density at radius 3 is 2.57 bits per heavy atom. The van der Waals surface area contributed by atoms with E-state index in [9.17, 15) is 13.2 Å². The number of nitrogens with one attached hydrogen (secondary N) is 1. The second-order valence-corrected chi connectivity index (χ2v) is 4.99. The highest BCUT2D eigenvalue weighted by Gasteiger charge is 2.34. The fourth-order valence-corrected chi connectivity index (χ4v) is 2.31. The molecule has 1 aromatic carbocycles. The number of nitrogens with zero attached hydrogens (tertiary/aromatic N) is 3. The third kappa shape index (κ3) is 4.04. The molecule has 1 N–H and O–H groups in total. The van der Waals surface area contributed by atoms with Crippen LogP contribution in [0.15, 0.2) is 36.9 Å². The quantitative estimate of drug-likeness (QED) is 0.922. The molecular formula is C14H17F3N4. The molecule has 2 aromatic rings. The molecule has 2 atom stereocenters. The average Bonchev–Trinajstić information content (AvgIpc) is 2.90. The fourth-order valence-electron chi connectivity index (χ4n) is 2.31. The van der Waals surface area contributed by atoms with Gasteiger partial charge in [0, 0.05) is 12.1 Å². The molecule has 1 aromatic heterocycles. The van der Waals surface area contributed by atoms with Gasteiger partial charge in [0.1, 0.15) is 12.7 Å². The van der Waals surface area contributed by atoms with Gasteiger partial charge in [-0.05, 0) is 25.5 Å². The van der Waals surface area contributed by atoms with Crippen molar-refractivity contribution >= 4 is 0 Å². The molecule has 0 amide bonds. The molecule has 0 aliphatic rings. The lowest BCUT2D eigenvalue weighted by atomic mass is 10.0. The standard InChI is InChI=1S/C14H17F3N4/c1-10(7-21-9-18-8-19-21)20-11(2)12-5-3-4-6-13(12)14(15,16)17/h3-6,8-11,20H,7H2,1-2H3/t10-,11-/m1/s1. The Labute approximate surface area is 121 Å². The van der Waals surface area contributed by atoms with E-state index in [1.165, 1.54) is 18.5 Å². The number of hydrogen-bond donors (Lipinski definition) is 1. The average molecular weight is 298 g/mol. The SMILES string of the molecule is C[C@H](Cn1cncn1)N[C@H](C)c1ccccc1C(F)(F)F. The Balaban J connectivity index is 2.08. The van der Waals surface area contributed by atoms with Crippen molar-refractivity contribution in [2.24, 2.45) is 0 Å². The van der Waals surface area contributed by atoms with Crippen LogP contribution in [-0.4, -0.2) is 20.8 Å². The summed E-state index contributed by atoms with van der Waals surface area (Å²) in [6.07, 6.45) is -1.34. The minimum atomic E-state index is -4.35.